The highest BCUT2D eigenvalue weighted by Gasteiger charge is 2.30. The molecule has 0 bridgehead atoms. The summed E-state index contributed by atoms with van der Waals surface area (Å²) in [5.41, 5.74) is 1.42. The summed E-state index contributed by atoms with van der Waals surface area (Å²) in [5.74, 6) is 1.60. The maximum absolute atomic E-state index is 4.50. The molecule has 6 heteroatoms. The van der Waals surface area contributed by atoms with Crippen molar-refractivity contribution in [3.05, 3.63) is 22.4 Å². The van der Waals surface area contributed by atoms with E-state index >= 15 is 0 Å². The Morgan fingerprint density at radius 2 is 2.17 bits per heavy atom. The molecule has 1 aromatic heterocycles. The van der Waals surface area contributed by atoms with Crippen molar-refractivity contribution in [1.82, 2.24) is 15.1 Å². The second-order valence-electron chi connectivity index (χ2n) is 6.52. The summed E-state index contributed by atoms with van der Waals surface area (Å²) in [5, 5.41) is 7.97. The van der Waals surface area contributed by atoms with E-state index in [4.69, 9.17) is 0 Å². The number of nitrogens with one attached hydrogen (secondary N) is 1. The predicted octanol–water partition coefficient (Wildman–Crippen LogP) is 3.22. The summed E-state index contributed by atoms with van der Waals surface area (Å²) in [6.07, 6.45) is 4.03. The van der Waals surface area contributed by atoms with E-state index in [9.17, 15) is 0 Å². The van der Waals surface area contributed by atoms with Gasteiger partial charge in [-0.05, 0) is 60.7 Å². The van der Waals surface area contributed by atoms with Crippen LogP contribution in [-0.2, 0) is 0 Å². The van der Waals surface area contributed by atoms with E-state index < -0.39 is 0 Å². The minimum Gasteiger partial charge on any atom is -0.356 e. The van der Waals surface area contributed by atoms with Gasteiger partial charge in [0.25, 0.3) is 0 Å². The lowest BCUT2D eigenvalue weighted by Crippen LogP contribution is -2.43. The van der Waals surface area contributed by atoms with E-state index in [2.05, 4.69) is 43.9 Å². The fraction of sp³-hybridized carbons (Fsp3) is 0.706. The van der Waals surface area contributed by atoms with Crippen LogP contribution in [0.2, 0.25) is 0 Å². The lowest BCUT2D eigenvalue weighted by molar-refractivity contribution is 0.249. The highest BCUT2D eigenvalue weighted by Crippen LogP contribution is 2.21. The molecule has 1 N–H and O–H groups in total. The van der Waals surface area contributed by atoms with Crippen LogP contribution in [-0.4, -0.2) is 61.6 Å². The summed E-state index contributed by atoms with van der Waals surface area (Å²) in [4.78, 5) is 9.60. The van der Waals surface area contributed by atoms with Crippen LogP contribution in [0.1, 0.15) is 37.7 Å². The van der Waals surface area contributed by atoms with Crippen molar-refractivity contribution < 1.29 is 0 Å². The fourth-order valence-electron chi connectivity index (χ4n) is 3.59. The molecule has 1 aromatic rings. The number of thiophene rings is 1. The number of hydrogen-bond donors (Lipinski definition) is 1. The minimum absolute atomic E-state index is 0. The van der Waals surface area contributed by atoms with E-state index in [1.165, 1.54) is 37.9 Å². The third-order valence-electron chi connectivity index (χ3n) is 5.01. The van der Waals surface area contributed by atoms with Gasteiger partial charge >= 0.3 is 0 Å². The number of halogens is 1. The SMILES string of the molecule is CN=C(NCC(C)c1ccsc1)N1CCC(N2CCCC2)C1.I. The van der Waals surface area contributed by atoms with Gasteiger partial charge in [0, 0.05) is 32.7 Å². The molecule has 2 fully saturated rings. The maximum atomic E-state index is 4.50. The van der Waals surface area contributed by atoms with Crippen molar-refractivity contribution in [3.63, 3.8) is 0 Å². The van der Waals surface area contributed by atoms with Gasteiger partial charge in [0.05, 0.1) is 0 Å². The third-order valence-corrected chi connectivity index (χ3v) is 5.71. The minimum atomic E-state index is 0. The average Bonchev–Trinajstić information content (AvgIpc) is 3.27. The summed E-state index contributed by atoms with van der Waals surface area (Å²) >= 11 is 1.77. The van der Waals surface area contributed by atoms with E-state index in [0.29, 0.717) is 5.92 Å². The molecule has 0 radical (unpaired) electrons. The zero-order valence-corrected chi connectivity index (χ0v) is 17.3. The molecule has 3 heterocycles. The zero-order chi connectivity index (χ0) is 15.4. The molecule has 2 saturated heterocycles. The first kappa shape index (κ1) is 19.0. The summed E-state index contributed by atoms with van der Waals surface area (Å²) in [7, 11) is 1.90. The molecule has 0 spiro atoms. The van der Waals surface area contributed by atoms with Crippen molar-refractivity contribution >= 4 is 41.3 Å². The zero-order valence-electron chi connectivity index (χ0n) is 14.2. The molecule has 130 valence electrons. The Morgan fingerprint density at radius 1 is 1.39 bits per heavy atom. The molecular weight excluding hydrogens is 419 g/mol. The van der Waals surface area contributed by atoms with E-state index in [-0.39, 0.29) is 24.0 Å². The molecule has 2 atom stereocenters. The van der Waals surface area contributed by atoms with Gasteiger partial charge in [-0.2, -0.15) is 11.3 Å². The van der Waals surface area contributed by atoms with Crippen LogP contribution in [0.3, 0.4) is 0 Å². The smallest absolute Gasteiger partial charge is 0.193 e. The molecule has 2 aliphatic heterocycles. The monoisotopic (exact) mass is 448 g/mol. The number of likely N-dealkylation sites (tertiary alicyclic amines) is 2. The quantitative estimate of drug-likeness (QED) is 0.436. The van der Waals surface area contributed by atoms with Crippen molar-refractivity contribution in [3.8, 4) is 0 Å². The second-order valence-corrected chi connectivity index (χ2v) is 7.30. The topological polar surface area (TPSA) is 30.9 Å². The van der Waals surface area contributed by atoms with Crippen molar-refractivity contribution in [2.24, 2.45) is 4.99 Å². The first-order chi connectivity index (χ1) is 10.8. The van der Waals surface area contributed by atoms with Gasteiger partial charge in [-0.3, -0.25) is 9.89 Å². The molecule has 0 aliphatic carbocycles. The van der Waals surface area contributed by atoms with Gasteiger partial charge in [-0.15, -0.1) is 24.0 Å². The first-order valence-electron chi connectivity index (χ1n) is 8.49. The highest BCUT2D eigenvalue weighted by molar-refractivity contribution is 14.0. The van der Waals surface area contributed by atoms with Crippen LogP contribution in [0.25, 0.3) is 0 Å². The molecule has 0 amide bonds. The standard InChI is InChI=1S/C17H28N4S.HI/c1-14(15-6-10-22-13-15)11-19-17(18-2)21-9-5-16(12-21)20-7-3-4-8-20;/h6,10,13-14,16H,3-5,7-9,11-12H2,1-2H3,(H,18,19);1H. The Balaban J connectivity index is 0.00000192. The molecule has 4 nitrogen and oxygen atoms in total. The molecule has 2 aliphatic rings. The Kier molecular flexibility index (Phi) is 7.62. The Bertz CT molecular complexity index is 485. The summed E-state index contributed by atoms with van der Waals surface area (Å²) < 4.78 is 0. The molecular formula is C17H29IN4S. The van der Waals surface area contributed by atoms with Gasteiger partial charge in [0.1, 0.15) is 0 Å². The Labute approximate surface area is 161 Å². The lowest BCUT2D eigenvalue weighted by Gasteiger charge is -2.26. The van der Waals surface area contributed by atoms with Gasteiger partial charge < -0.3 is 10.2 Å². The number of nitrogens with zero attached hydrogens (tertiary/aromatic N) is 3. The van der Waals surface area contributed by atoms with Crippen molar-refractivity contribution in [2.45, 2.75) is 38.1 Å². The third kappa shape index (κ3) is 4.82. The van der Waals surface area contributed by atoms with Crippen LogP contribution < -0.4 is 5.32 Å². The van der Waals surface area contributed by atoms with Gasteiger partial charge in [0.2, 0.25) is 0 Å². The highest BCUT2D eigenvalue weighted by atomic mass is 127. The Morgan fingerprint density at radius 3 is 2.83 bits per heavy atom. The average molecular weight is 448 g/mol. The van der Waals surface area contributed by atoms with Crippen LogP contribution in [0.5, 0.6) is 0 Å². The normalized spacial score (nSPS) is 23.8. The van der Waals surface area contributed by atoms with Gasteiger partial charge in [-0.25, -0.2) is 0 Å². The molecule has 0 aromatic carbocycles. The molecule has 3 rings (SSSR count). The second kappa shape index (κ2) is 9.22. The number of aliphatic imine (C=N–C) groups is 1. The van der Waals surface area contributed by atoms with E-state index in [1.54, 1.807) is 11.3 Å². The number of rotatable bonds is 4. The number of hydrogen-bond acceptors (Lipinski definition) is 3. The van der Waals surface area contributed by atoms with Crippen LogP contribution in [0.4, 0.5) is 0 Å². The van der Waals surface area contributed by atoms with Crippen LogP contribution >= 0.6 is 35.3 Å². The molecule has 23 heavy (non-hydrogen) atoms. The van der Waals surface area contributed by atoms with Crippen molar-refractivity contribution in [1.29, 1.82) is 0 Å². The maximum Gasteiger partial charge on any atom is 0.193 e. The van der Waals surface area contributed by atoms with Crippen LogP contribution in [0, 0.1) is 0 Å². The van der Waals surface area contributed by atoms with Crippen molar-refractivity contribution in [2.75, 3.05) is 39.8 Å². The van der Waals surface area contributed by atoms with Gasteiger partial charge in [-0.1, -0.05) is 6.92 Å². The first-order valence-corrected chi connectivity index (χ1v) is 9.44. The largest absolute Gasteiger partial charge is 0.356 e. The fourth-order valence-corrected chi connectivity index (χ4v) is 4.37. The Hall–Kier alpha value is -0.340. The molecule has 2 unspecified atom stereocenters. The van der Waals surface area contributed by atoms with Gasteiger partial charge in [0.15, 0.2) is 5.96 Å². The summed E-state index contributed by atoms with van der Waals surface area (Å²) in [6, 6.07) is 2.95. The number of guanidine groups is 1. The predicted molar refractivity (Wildman–Crippen MR) is 110 cm³/mol. The molecule has 0 saturated carbocycles. The van der Waals surface area contributed by atoms with E-state index in [0.717, 1.165) is 31.6 Å². The van der Waals surface area contributed by atoms with E-state index in [1.807, 2.05) is 7.05 Å². The lowest BCUT2D eigenvalue weighted by atomic mass is 10.1. The van der Waals surface area contributed by atoms with Crippen LogP contribution in [0.15, 0.2) is 21.8 Å². The summed E-state index contributed by atoms with van der Waals surface area (Å²) in [6.45, 7) is 8.08.